The second kappa shape index (κ2) is 9.02. The molecule has 25 heavy (non-hydrogen) atoms. The van der Waals surface area contributed by atoms with Gasteiger partial charge in [0.15, 0.2) is 0 Å². The number of carbonyl (C=O) groups excluding carboxylic acids is 2. The van der Waals surface area contributed by atoms with Crippen molar-refractivity contribution < 1.29 is 9.59 Å². The summed E-state index contributed by atoms with van der Waals surface area (Å²) in [6.07, 6.45) is 0.771. The molecule has 2 aromatic rings. The molecule has 6 heteroatoms. The number of amides is 2. The molecule has 1 aromatic carbocycles. The molecule has 0 saturated carbocycles. The smallest absolute Gasteiger partial charge is 0.253 e. The second-order valence-corrected chi connectivity index (χ2v) is 7.81. The molecule has 0 bridgehead atoms. The predicted molar refractivity (Wildman–Crippen MR) is 103 cm³/mol. The molecule has 2 rings (SSSR count). The van der Waals surface area contributed by atoms with Gasteiger partial charge in [0.1, 0.15) is 6.04 Å². The Morgan fingerprint density at radius 1 is 1.08 bits per heavy atom. The summed E-state index contributed by atoms with van der Waals surface area (Å²) in [7, 11) is 0. The number of halogens is 1. The Labute approximate surface area is 157 Å². The fraction of sp³-hybridized carbons (Fsp3) is 0.368. The third kappa shape index (κ3) is 5.58. The summed E-state index contributed by atoms with van der Waals surface area (Å²) in [5.74, 6) is -0.565. The maximum Gasteiger partial charge on any atom is 0.253 e. The molecule has 1 heterocycles. The molecule has 2 atom stereocenters. The minimum atomic E-state index is -0.616. The zero-order valence-electron chi connectivity index (χ0n) is 14.6. The van der Waals surface area contributed by atoms with Crippen molar-refractivity contribution in [3.8, 4) is 0 Å². The minimum absolute atomic E-state index is 0.00962. The van der Waals surface area contributed by atoms with Crippen LogP contribution in [0, 0.1) is 5.92 Å². The first-order valence-corrected chi connectivity index (χ1v) is 9.52. The molecule has 4 nitrogen and oxygen atoms in total. The highest BCUT2D eigenvalue weighted by Crippen LogP contribution is 2.16. The van der Waals surface area contributed by atoms with Crippen LogP contribution in [0.3, 0.4) is 0 Å². The van der Waals surface area contributed by atoms with Gasteiger partial charge in [0.2, 0.25) is 5.91 Å². The van der Waals surface area contributed by atoms with Gasteiger partial charge in [-0.3, -0.25) is 9.59 Å². The molecule has 0 aliphatic carbocycles. The van der Waals surface area contributed by atoms with Crippen LogP contribution in [0.1, 0.15) is 36.0 Å². The summed E-state index contributed by atoms with van der Waals surface area (Å²) in [4.78, 5) is 26.3. The van der Waals surface area contributed by atoms with Crippen molar-refractivity contribution in [3.05, 3.63) is 57.2 Å². The second-order valence-electron chi connectivity index (χ2n) is 6.37. The number of hydrogen-bond acceptors (Lipinski definition) is 3. The van der Waals surface area contributed by atoms with Crippen LogP contribution in [0.4, 0.5) is 0 Å². The van der Waals surface area contributed by atoms with E-state index in [4.69, 9.17) is 11.6 Å². The summed E-state index contributed by atoms with van der Waals surface area (Å²) < 4.78 is 0. The Kier molecular flexibility index (Phi) is 7.02. The van der Waals surface area contributed by atoms with Crippen LogP contribution in [0.15, 0.2) is 41.8 Å². The molecule has 0 aliphatic heterocycles. The van der Waals surface area contributed by atoms with E-state index in [0.29, 0.717) is 10.6 Å². The van der Waals surface area contributed by atoms with Gasteiger partial charge in [-0.1, -0.05) is 43.6 Å². The molecule has 0 fully saturated rings. The number of nitrogens with one attached hydrogen (secondary N) is 2. The Hall–Kier alpha value is -1.85. The summed E-state index contributed by atoms with van der Waals surface area (Å²) in [5, 5.41) is 8.18. The minimum Gasteiger partial charge on any atom is -0.351 e. The molecule has 1 aromatic heterocycles. The van der Waals surface area contributed by atoms with Crippen molar-refractivity contribution in [2.75, 3.05) is 0 Å². The molecule has 0 aliphatic rings. The topological polar surface area (TPSA) is 58.2 Å². The van der Waals surface area contributed by atoms with Gasteiger partial charge in [-0.15, -0.1) is 11.3 Å². The summed E-state index contributed by atoms with van der Waals surface area (Å²) in [6, 6.07) is 10.2. The van der Waals surface area contributed by atoms with Crippen molar-refractivity contribution in [1.29, 1.82) is 0 Å². The van der Waals surface area contributed by atoms with E-state index in [-0.39, 0.29) is 23.8 Å². The van der Waals surface area contributed by atoms with E-state index in [1.807, 2.05) is 38.3 Å². The normalized spacial score (nSPS) is 13.3. The van der Waals surface area contributed by atoms with Crippen molar-refractivity contribution in [3.63, 3.8) is 0 Å². The first-order valence-electron chi connectivity index (χ1n) is 8.26. The van der Waals surface area contributed by atoms with Crippen LogP contribution in [0.2, 0.25) is 5.02 Å². The van der Waals surface area contributed by atoms with Crippen LogP contribution in [0.5, 0.6) is 0 Å². The molecule has 0 radical (unpaired) electrons. The number of carbonyl (C=O) groups is 2. The van der Waals surface area contributed by atoms with Gasteiger partial charge < -0.3 is 10.6 Å². The van der Waals surface area contributed by atoms with Gasteiger partial charge in [-0.05, 0) is 36.4 Å². The van der Waals surface area contributed by atoms with E-state index in [0.717, 1.165) is 6.42 Å². The van der Waals surface area contributed by atoms with Gasteiger partial charge in [0.25, 0.3) is 5.91 Å². The zero-order chi connectivity index (χ0) is 18.4. The largest absolute Gasteiger partial charge is 0.351 e. The lowest BCUT2D eigenvalue weighted by Gasteiger charge is -2.24. The van der Waals surface area contributed by atoms with Crippen molar-refractivity contribution in [1.82, 2.24) is 10.6 Å². The third-order valence-corrected chi connectivity index (χ3v) is 5.06. The van der Waals surface area contributed by atoms with Crippen LogP contribution >= 0.6 is 22.9 Å². The van der Waals surface area contributed by atoms with Crippen LogP contribution < -0.4 is 10.6 Å². The first kappa shape index (κ1) is 19.5. The van der Waals surface area contributed by atoms with Crippen molar-refractivity contribution in [2.45, 2.75) is 39.3 Å². The van der Waals surface area contributed by atoms with Crippen LogP contribution in [0.25, 0.3) is 0 Å². The van der Waals surface area contributed by atoms with Gasteiger partial charge in [-0.25, -0.2) is 0 Å². The van der Waals surface area contributed by atoms with Crippen LogP contribution in [-0.2, 0) is 11.2 Å². The van der Waals surface area contributed by atoms with E-state index in [1.165, 1.54) is 4.88 Å². The van der Waals surface area contributed by atoms with Gasteiger partial charge in [-0.2, -0.15) is 0 Å². The predicted octanol–water partition coefficient (Wildman–Crippen LogP) is 3.90. The monoisotopic (exact) mass is 378 g/mol. The average molecular weight is 379 g/mol. The Morgan fingerprint density at radius 2 is 1.80 bits per heavy atom. The molecule has 134 valence electrons. The molecular weight excluding hydrogens is 356 g/mol. The van der Waals surface area contributed by atoms with E-state index in [2.05, 4.69) is 10.6 Å². The fourth-order valence-corrected chi connectivity index (χ4v) is 3.57. The lowest BCUT2D eigenvalue weighted by atomic mass is 10.0. The molecule has 0 spiro atoms. The highest BCUT2D eigenvalue weighted by atomic mass is 35.5. The van der Waals surface area contributed by atoms with Gasteiger partial charge in [0.05, 0.1) is 10.6 Å². The van der Waals surface area contributed by atoms with E-state index in [9.17, 15) is 9.59 Å². The molecule has 2 unspecified atom stereocenters. The standard InChI is InChI=1S/C19H23ClN2O2S/c1-12(2)17(22-18(23)15-8-4-5-9-16(15)20)19(24)21-13(3)11-14-7-6-10-25-14/h4-10,12-13,17H,11H2,1-3H3,(H,21,24)(H,22,23). The summed E-state index contributed by atoms with van der Waals surface area (Å²) in [6.45, 7) is 5.77. The molecule has 2 amide bonds. The first-order chi connectivity index (χ1) is 11.9. The van der Waals surface area contributed by atoms with E-state index >= 15 is 0 Å². The van der Waals surface area contributed by atoms with Crippen molar-refractivity contribution in [2.24, 2.45) is 5.92 Å². The molecule has 0 saturated heterocycles. The number of benzene rings is 1. The number of thiophene rings is 1. The van der Waals surface area contributed by atoms with Crippen molar-refractivity contribution >= 4 is 34.8 Å². The lowest BCUT2D eigenvalue weighted by Crippen LogP contribution is -2.52. The molecule has 2 N–H and O–H groups in total. The van der Waals surface area contributed by atoms with Gasteiger partial charge in [0, 0.05) is 17.3 Å². The fourth-order valence-electron chi connectivity index (χ4n) is 2.51. The van der Waals surface area contributed by atoms with Gasteiger partial charge >= 0.3 is 0 Å². The quantitative estimate of drug-likeness (QED) is 0.767. The Bertz CT molecular complexity index is 716. The number of rotatable bonds is 7. The lowest BCUT2D eigenvalue weighted by molar-refractivity contribution is -0.124. The average Bonchev–Trinajstić information content (AvgIpc) is 3.05. The third-order valence-electron chi connectivity index (χ3n) is 3.83. The zero-order valence-corrected chi connectivity index (χ0v) is 16.2. The Morgan fingerprint density at radius 3 is 2.40 bits per heavy atom. The SMILES string of the molecule is CC(Cc1cccs1)NC(=O)C(NC(=O)c1ccccc1Cl)C(C)C. The van der Waals surface area contributed by atoms with E-state index in [1.54, 1.807) is 35.6 Å². The number of hydrogen-bond donors (Lipinski definition) is 2. The summed E-state index contributed by atoms with van der Waals surface area (Å²) >= 11 is 7.73. The van der Waals surface area contributed by atoms with E-state index < -0.39 is 6.04 Å². The Balaban J connectivity index is 2.00. The van der Waals surface area contributed by atoms with Crippen LogP contribution in [-0.4, -0.2) is 23.9 Å². The highest BCUT2D eigenvalue weighted by molar-refractivity contribution is 7.09. The maximum atomic E-state index is 12.6. The highest BCUT2D eigenvalue weighted by Gasteiger charge is 2.26. The maximum absolute atomic E-state index is 12.6. The summed E-state index contributed by atoms with van der Waals surface area (Å²) in [5.41, 5.74) is 0.370. The molecular formula is C19H23ClN2O2S.